The Bertz CT molecular complexity index is 888. The van der Waals surface area contributed by atoms with E-state index in [2.05, 4.69) is 18.6 Å². The summed E-state index contributed by atoms with van der Waals surface area (Å²) in [6.45, 7) is 6.70. The molecule has 1 unspecified atom stereocenters. The molecule has 4 N–H and O–H groups in total. The molecule has 0 aromatic carbocycles. The third kappa shape index (κ3) is 46.5. The van der Waals surface area contributed by atoms with Gasteiger partial charge in [0, 0.05) is 39.2 Å². The molecular weight excluding hydrogens is 806 g/mol. The molecule has 0 radical (unpaired) electrons. The molecule has 332 valence electrons. The van der Waals surface area contributed by atoms with Crippen molar-refractivity contribution in [3.05, 3.63) is 0 Å². The number of ether oxygens (including phenoxy) is 1. The minimum absolute atomic E-state index is 0. The summed E-state index contributed by atoms with van der Waals surface area (Å²) in [5, 5.41) is 35.2. The Labute approximate surface area is 394 Å². The van der Waals surface area contributed by atoms with Crippen LogP contribution in [0, 0.1) is 0 Å². The van der Waals surface area contributed by atoms with E-state index in [1.54, 1.807) is 0 Å². The minimum atomic E-state index is -2.29. The van der Waals surface area contributed by atoms with Gasteiger partial charge < -0.3 is 28.0 Å². The predicted molar refractivity (Wildman–Crippen MR) is 231 cm³/mol. The molecule has 0 heterocycles. The van der Waals surface area contributed by atoms with Gasteiger partial charge >= 0.3 is 55.6 Å². The molecule has 0 saturated heterocycles. The van der Waals surface area contributed by atoms with Crippen molar-refractivity contribution in [2.45, 2.75) is 252 Å². The molecule has 0 aromatic heterocycles. The number of carboxylic acid groups (broad SMARTS) is 2. The summed E-state index contributed by atoms with van der Waals surface area (Å²) in [7, 11) is 0. The Morgan fingerprint density at radius 2 is 0.684 bits per heavy atom. The molecular formula is C45H88CaO10Zn. The van der Waals surface area contributed by atoms with Crippen molar-refractivity contribution >= 4 is 67.2 Å². The molecule has 0 rings (SSSR count). The van der Waals surface area contributed by atoms with Crippen molar-refractivity contribution in [3.8, 4) is 0 Å². The fourth-order valence-electron chi connectivity index (χ4n) is 6.58. The first kappa shape index (κ1) is 65.7. The smallest absolute Gasteiger partial charge is 1.00 e. The van der Waals surface area contributed by atoms with Crippen LogP contribution in [0.3, 0.4) is 0 Å². The van der Waals surface area contributed by atoms with Gasteiger partial charge in [-0.3, -0.25) is 24.0 Å². The Balaban J connectivity index is -0.000000134. The number of aliphatic carboxylic acids is 2. The van der Waals surface area contributed by atoms with Crippen LogP contribution in [0.15, 0.2) is 0 Å². The Kier molecular flexibility index (Phi) is 57.5. The summed E-state index contributed by atoms with van der Waals surface area (Å²) in [5.41, 5.74) is -2.29. The first-order valence-electron chi connectivity index (χ1n) is 22.3. The van der Waals surface area contributed by atoms with Crippen LogP contribution in [0.4, 0.5) is 0 Å². The van der Waals surface area contributed by atoms with Gasteiger partial charge in [-0.05, 0) is 26.7 Å². The largest absolute Gasteiger partial charge is 2.00 e. The zero-order chi connectivity index (χ0) is 42.0. The van der Waals surface area contributed by atoms with Crippen molar-refractivity contribution in [1.82, 2.24) is 0 Å². The zero-order valence-corrected chi connectivity index (χ0v) is 42.7. The number of carboxylic acids is 2. The van der Waals surface area contributed by atoms with E-state index in [0.29, 0.717) is 12.8 Å². The van der Waals surface area contributed by atoms with Crippen LogP contribution < -0.4 is 0 Å². The average Bonchev–Trinajstić information content (AvgIpc) is 3.13. The second-order valence-corrected chi connectivity index (χ2v) is 15.3. The van der Waals surface area contributed by atoms with Gasteiger partial charge in [0.2, 0.25) is 0 Å². The Morgan fingerprint density at radius 1 is 0.474 bits per heavy atom. The maximum atomic E-state index is 11.3. The molecule has 12 heteroatoms. The third-order valence-corrected chi connectivity index (χ3v) is 9.98. The van der Waals surface area contributed by atoms with Crippen molar-refractivity contribution < 1.29 is 71.5 Å². The quantitative estimate of drug-likeness (QED) is 0.0203. The average molecular weight is 895 g/mol. The van der Waals surface area contributed by atoms with Crippen molar-refractivity contribution in [1.29, 1.82) is 0 Å². The second-order valence-electron chi connectivity index (χ2n) is 15.3. The molecule has 0 aromatic rings. The van der Waals surface area contributed by atoms with Crippen molar-refractivity contribution in [3.63, 3.8) is 0 Å². The van der Waals surface area contributed by atoms with Crippen molar-refractivity contribution in [2.75, 3.05) is 6.61 Å². The van der Waals surface area contributed by atoms with Crippen LogP contribution in [0.5, 0.6) is 0 Å². The number of Topliss-reactive ketones (excluding diaryl/α,β-unsaturated/α-hetero) is 2. The first-order valence-corrected chi connectivity index (χ1v) is 22.3. The fraction of sp³-hybridized carbons (Fsp3) is 0.889. The van der Waals surface area contributed by atoms with Gasteiger partial charge in [-0.1, -0.05) is 194 Å². The molecule has 0 bridgehead atoms. The summed E-state index contributed by atoms with van der Waals surface area (Å²) in [4.78, 5) is 54.0. The maximum Gasteiger partial charge on any atom is 2.00 e. The first-order chi connectivity index (χ1) is 26.3. The number of hydrogen-bond donors (Lipinski definition) is 4. The van der Waals surface area contributed by atoms with Gasteiger partial charge in [0.05, 0.1) is 6.61 Å². The summed E-state index contributed by atoms with van der Waals surface area (Å²) in [6.07, 6.45) is 38.6. The number of hydrogen-bond acceptors (Lipinski definition) is 8. The van der Waals surface area contributed by atoms with E-state index >= 15 is 0 Å². The van der Waals surface area contributed by atoms with Gasteiger partial charge in [-0.15, -0.1) is 0 Å². The van der Waals surface area contributed by atoms with Crippen LogP contribution in [-0.4, -0.2) is 106 Å². The van der Waals surface area contributed by atoms with Gasteiger partial charge in [0.15, 0.2) is 11.6 Å². The fourth-order valence-corrected chi connectivity index (χ4v) is 6.58. The number of aliphatic hydroxyl groups excluding tert-OH is 2. The molecule has 57 heavy (non-hydrogen) atoms. The van der Waals surface area contributed by atoms with E-state index in [-0.39, 0.29) is 60.1 Å². The van der Waals surface area contributed by atoms with Crippen LogP contribution in [0.1, 0.15) is 243 Å². The third-order valence-electron chi connectivity index (χ3n) is 9.98. The second kappa shape index (κ2) is 49.9. The number of ketones is 2. The number of unbranched alkanes of at least 4 members (excludes halogenated alkanes) is 28. The minimum Gasteiger partial charge on any atom is -1.00 e. The molecule has 0 spiro atoms. The van der Waals surface area contributed by atoms with E-state index in [0.717, 1.165) is 46.5 Å². The van der Waals surface area contributed by atoms with Crippen LogP contribution >= 0.6 is 0 Å². The van der Waals surface area contributed by atoms with Gasteiger partial charge in [-0.25, -0.2) is 0 Å². The number of rotatable bonds is 37. The van der Waals surface area contributed by atoms with Crippen LogP contribution in [0.2, 0.25) is 0 Å². The summed E-state index contributed by atoms with van der Waals surface area (Å²) in [6, 6.07) is 0. The maximum absolute atomic E-state index is 11.3. The molecule has 0 fully saturated rings. The monoisotopic (exact) mass is 893 g/mol. The summed E-state index contributed by atoms with van der Waals surface area (Å²) in [5.74, 6) is -3.84. The number of carbonyl (C=O) groups excluding carboxylic acids is 3. The number of aliphatic hydroxyl groups is 2. The molecule has 0 aliphatic rings. The number of esters is 1. The van der Waals surface area contributed by atoms with E-state index in [4.69, 9.17) is 15.3 Å². The van der Waals surface area contributed by atoms with E-state index in [9.17, 15) is 29.1 Å². The Morgan fingerprint density at radius 3 is 0.842 bits per heavy atom. The Hall–Kier alpha value is -0.447. The normalized spacial score (nSPS) is 11.1. The standard InChI is InChI=1S/2C18H36O2.C9H14O6.Ca.Zn.2H/c2*1-2-3-4-5-6-7-8-9-10-11-12-13-14-15-16-17-18(19)20;1-5(11)9(6(2)12,8(14)4-10)15-7(3)13;;;;/h2*2-17H2,1H3,(H,19,20);8,10,14H,4H2,1-3H3;;;;/q;;;+2;;2*-1. The molecule has 0 aliphatic heterocycles. The topological polar surface area (TPSA) is 175 Å². The van der Waals surface area contributed by atoms with Crippen LogP contribution in [0.25, 0.3) is 0 Å². The molecule has 0 saturated carbocycles. The molecule has 1 atom stereocenters. The van der Waals surface area contributed by atoms with E-state index < -0.39 is 47.8 Å². The van der Waals surface area contributed by atoms with Gasteiger partial charge in [0.25, 0.3) is 5.60 Å². The van der Waals surface area contributed by atoms with Crippen molar-refractivity contribution in [2.24, 2.45) is 0 Å². The van der Waals surface area contributed by atoms with Gasteiger partial charge in [0.1, 0.15) is 6.10 Å². The number of carbonyl (C=O) groups is 5. The SMILES string of the molecule is CC(=O)OC(C(C)=O)(C(C)=O)C(O)CO.CCCCCCCCCCCCCCCCCC(=O)O.CCCCCCCCCCCCCCCCCC(=O)O.[Ca+2].[H-].[H-].[Zn]. The summed E-state index contributed by atoms with van der Waals surface area (Å²) < 4.78 is 4.57. The predicted octanol–water partition coefficient (Wildman–Crippen LogP) is 11.3. The van der Waals surface area contributed by atoms with E-state index in [1.165, 1.54) is 167 Å². The molecule has 0 amide bonds. The van der Waals surface area contributed by atoms with Gasteiger partial charge in [-0.2, -0.15) is 0 Å². The van der Waals surface area contributed by atoms with E-state index in [1.807, 2.05) is 0 Å². The summed E-state index contributed by atoms with van der Waals surface area (Å²) >= 11 is 0. The molecule has 10 nitrogen and oxygen atoms in total. The zero-order valence-electron chi connectivity index (χ0n) is 39.6. The molecule has 0 aliphatic carbocycles. The van der Waals surface area contributed by atoms with Crippen LogP contribution in [-0.2, 0) is 48.2 Å².